The van der Waals surface area contributed by atoms with Crippen molar-refractivity contribution in [2.75, 3.05) is 5.75 Å². The van der Waals surface area contributed by atoms with E-state index < -0.39 is 0 Å². The van der Waals surface area contributed by atoms with Crippen LogP contribution in [-0.2, 0) is 11.2 Å². The lowest BCUT2D eigenvalue weighted by Crippen LogP contribution is -1.97. The van der Waals surface area contributed by atoms with Gasteiger partial charge >= 0.3 is 0 Å². The van der Waals surface area contributed by atoms with Gasteiger partial charge in [-0.05, 0) is 25.7 Å². The third-order valence-corrected chi connectivity index (χ3v) is 4.61. The quantitative estimate of drug-likeness (QED) is 0.586. The molecular formula is C14H23N3OS. The van der Waals surface area contributed by atoms with E-state index in [1.807, 2.05) is 0 Å². The van der Waals surface area contributed by atoms with Crippen LogP contribution in [0.1, 0.15) is 57.7 Å². The summed E-state index contributed by atoms with van der Waals surface area (Å²) >= 11 is 1.64. The van der Waals surface area contributed by atoms with Crippen molar-refractivity contribution in [3.8, 4) is 0 Å². The zero-order valence-corrected chi connectivity index (χ0v) is 12.5. The lowest BCUT2D eigenvalue weighted by molar-refractivity contribution is -0.117. The Labute approximate surface area is 119 Å². The first-order valence-corrected chi connectivity index (χ1v) is 8.26. The molecule has 0 saturated heterocycles. The van der Waals surface area contributed by atoms with Gasteiger partial charge in [0.05, 0.1) is 0 Å². The molecule has 5 heteroatoms. The number of carbonyl (C=O) groups excluding carboxylic acids is 1. The van der Waals surface area contributed by atoms with Crippen molar-refractivity contribution in [3.05, 3.63) is 5.82 Å². The Kier molecular flexibility index (Phi) is 5.89. The molecule has 0 aromatic carbocycles. The van der Waals surface area contributed by atoms with Crippen molar-refractivity contribution in [2.24, 2.45) is 5.92 Å². The maximum absolute atomic E-state index is 10.8. The highest BCUT2D eigenvalue weighted by molar-refractivity contribution is 7.99. The van der Waals surface area contributed by atoms with E-state index in [0.717, 1.165) is 35.5 Å². The topological polar surface area (TPSA) is 58.6 Å². The number of nitrogens with zero attached hydrogens (tertiary/aromatic N) is 2. The van der Waals surface area contributed by atoms with Gasteiger partial charge < -0.3 is 4.79 Å². The SMILES string of the molecule is CC(=O)CCCSc1n[nH]c(CCC2CCCC2)n1. The van der Waals surface area contributed by atoms with Gasteiger partial charge in [0.2, 0.25) is 5.16 Å². The molecule has 1 aromatic rings. The predicted octanol–water partition coefficient (Wildman–Crippen LogP) is 3.39. The smallest absolute Gasteiger partial charge is 0.208 e. The van der Waals surface area contributed by atoms with Crippen LogP contribution in [0.2, 0.25) is 0 Å². The normalized spacial score (nSPS) is 16.1. The third-order valence-electron chi connectivity index (χ3n) is 3.68. The maximum atomic E-state index is 10.8. The Morgan fingerprint density at radius 1 is 1.42 bits per heavy atom. The van der Waals surface area contributed by atoms with Gasteiger partial charge in [0, 0.05) is 18.6 Å². The number of thioether (sulfide) groups is 1. The van der Waals surface area contributed by atoms with Crippen molar-refractivity contribution < 1.29 is 4.79 Å². The van der Waals surface area contributed by atoms with Gasteiger partial charge in [0.25, 0.3) is 0 Å². The summed E-state index contributed by atoms with van der Waals surface area (Å²) in [5, 5.41) is 8.07. The highest BCUT2D eigenvalue weighted by atomic mass is 32.2. The van der Waals surface area contributed by atoms with Crippen molar-refractivity contribution in [3.63, 3.8) is 0 Å². The van der Waals surface area contributed by atoms with Crippen LogP contribution in [0.15, 0.2) is 5.16 Å². The summed E-state index contributed by atoms with van der Waals surface area (Å²) in [6.45, 7) is 1.64. The molecule has 0 spiro atoms. The molecule has 19 heavy (non-hydrogen) atoms. The maximum Gasteiger partial charge on any atom is 0.208 e. The van der Waals surface area contributed by atoms with Crippen LogP contribution >= 0.6 is 11.8 Å². The molecule has 2 rings (SSSR count). The lowest BCUT2D eigenvalue weighted by atomic mass is 10.0. The second-order valence-corrected chi connectivity index (χ2v) is 6.47. The molecule has 0 atom stereocenters. The summed E-state index contributed by atoms with van der Waals surface area (Å²) in [7, 11) is 0. The fourth-order valence-corrected chi connectivity index (χ4v) is 3.33. The highest BCUT2D eigenvalue weighted by Gasteiger charge is 2.15. The van der Waals surface area contributed by atoms with Crippen molar-refractivity contribution in [1.82, 2.24) is 15.2 Å². The van der Waals surface area contributed by atoms with E-state index in [4.69, 9.17) is 0 Å². The van der Waals surface area contributed by atoms with Gasteiger partial charge in [0.15, 0.2) is 0 Å². The number of nitrogens with one attached hydrogen (secondary N) is 1. The molecule has 106 valence electrons. The number of carbonyl (C=O) groups is 1. The number of aryl methyl sites for hydroxylation is 1. The molecule has 4 nitrogen and oxygen atoms in total. The molecule has 0 aliphatic heterocycles. The largest absolute Gasteiger partial charge is 0.300 e. The second kappa shape index (κ2) is 7.68. The number of rotatable bonds is 8. The standard InChI is InChI=1S/C14H23N3OS/c1-11(18)5-4-10-19-14-15-13(16-17-14)9-8-12-6-2-3-7-12/h12H,2-10H2,1H3,(H,15,16,17). The average molecular weight is 281 g/mol. The molecular weight excluding hydrogens is 258 g/mol. The van der Waals surface area contributed by atoms with E-state index in [-0.39, 0.29) is 5.78 Å². The van der Waals surface area contributed by atoms with Crippen LogP contribution in [0.25, 0.3) is 0 Å². The summed E-state index contributed by atoms with van der Waals surface area (Å²) in [6, 6.07) is 0. The number of hydrogen-bond acceptors (Lipinski definition) is 4. The van der Waals surface area contributed by atoms with Gasteiger partial charge in [0.1, 0.15) is 11.6 Å². The Balaban J connectivity index is 1.65. The second-order valence-electron chi connectivity index (χ2n) is 5.41. The fraction of sp³-hybridized carbons (Fsp3) is 0.786. The third kappa shape index (κ3) is 5.35. The lowest BCUT2D eigenvalue weighted by Gasteiger charge is -2.05. The van der Waals surface area contributed by atoms with Crippen LogP contribution in [0.5, 0.6) is 0 Å². The molecule has 1 aromatic heterocycles. The van der Waals surface area contributed by atoms with Crippen LogP contribution < -0.4 is 0 Å². The Morgan fingerprint density at radius 2 is 2.21 bits per heavy atom. The van der Waals surface area contributed by atoms with E-state index in [2.05, 4.69) is 15.2 Å². The molecule has 0 bridgehead atoms. The number of H-pyrrole nitrogens is 1. The van der Waals surface area contributed by atoms with E-state index in [1.54, 1.807) is 18.7 Å². The zero-order chi connectivity index (χ0) is 13.5. The number of Topliss-reactive ketones (excluding diaryl/α,β-unsaturated/α-hetero) is 1. The van der Waals surface area contributed by atoms with Gasteiger partial charge in [-0.15, -0.1) is 5.10 Å². The summed E-state index contributed by atoms with van der Waals surface area (Å²) in [5.74, 6) is 3.09. The molecule has 0 radical (unpaired) electrons. The van der Waals surface area contributed by atoms with E-state index in [9.17, 15) is 4.79 Å². The number of aromatic amines is 1. The summed E-state index contributed by atoms with van der Waals surface area (Å²) < 4.78 is 0. The van der Waals surface area contributed by atoms with E-state index in [1.165, 1.54) is 32.1 Å². The molecule has 0 unspecified atom stereocenters. The van der Waals surface area contributed by atoms with Crippen LogP contribution in [0, 0.1) is 5.92 Å². The number of aromatic nitrogens is 3. The minimum atomic E-state index is 0.257. The van der Waals surface area contributed by atoms with Gasteiger partial charge in [-0.1, -0.05) is 37.4 Å². The van der Waals surface area contributed by atoms with Gasteiger partial charge in [-0.25, -0.2) is 4.98 Å². The monoisotopic (exact) mass is 281 g/mol. The van der Waals surface area contributed by atoms with E-state index in [0.29, 0.717) is 6.42 Å². The molecule has 0 amide bonds. The number of hydrogen-bond donors (Lipinski definition) is 1. The summed E-state index contributed by atoms with van der Waals surface area (Å²) in [4.78, 5) is 15.3. The Hall–Kier alpha value is -0.840. The van der Waals surface area contributed by atoms with E-state index >= 15 is 0 Å². The molecule has 1 fully saturated rings. The Bertz CT molecular complexity index is 399. The van der Waals surface area contributed by atoms with Gasteiger partial charge in [-0.2, -0.15) is 0 Å². The minimum Gasteiger partial charge on any atom is -0.300 e. The predicted molar refractivity (Wildman–Crippen MR) is 77.3 cm³/mol. The van der Waals surface area contributed by atoms with Crippen molar-refractivity contribution in [2.45, 2.75) is 63.4 Å². The van der Waals surface area contributed by atoms with Crippen LogP contribution in [-0.4, -0.2) is 26.7 Å². The van der Waals surface area contributed by atoms with Crippen molar-refractivity contribution >= 4 is 17.5 Å². The van der Waals surface area contributed by atoms with Crippen LogP contribution in [0.4, 0.5) is 0 Å². The first-order chi connectivity index (χ1) is 9.24. The minimum absolute atomic E-state index is 0.257. The van der Waals surface area contributed by atoms with Crippen molar-refractivity contribution in [1.29, 1.82) is 0 Å². The first-order valence-electron chi connectivity index (χ1n) is 7.27. The first kappa shape index (κ1) is 14.6. The highest BCUT2D eigenvalue weighted by Crippen LogP contribution is 2.28. The molecule has 1 saturated carbocycles. The molecule has 1 heterocycles. The van der Waals surface area contributed by atoms with Gasteiger partial charge in [-0.3, -0.25) is 5.10 Å². The summed E-state index contributed by atoms with van der Waals surface area (Å²) in [5.41, 5.74) is 0. The molecule has 1 aliphatic carbocycles. The molecule has 1 N–H and O–H groups in total. The Morgan fingerprint density at radius 3 is 2.95 bits per heavy atom. The molecule has 1 aliphatic rings. The average Bonchev–Trinajstić information content (AvgIpc) is 3.03. The zero-order valence-electron chi connectivity index (χ0n) is 11.7. The summed E-state index contributed by atoms with van der Waals surface area (Å²) in [6.07, 6.45) is 9.41. The van der Waals surface area contributed by atoms with Crippen LogP contribution in [0.3, 0.4) is 0 Å². The number of ketones is 1. The fourth-order valence-electron chi connectivity index (χ4n) is 2.58.